The lowest BCUT2D eigenvalue weighted by Crippen LogP contribution is -2.54. The summed E-state index contributed by atoms with van der Waals surface area (Å²) in [6.45, 7) is 11.5. The molecule has 0 saturated carbocycles. The van der Waals surface area contributed by atoms with Gasteiger partial charge in [0.15, 0.2) is 6.10 Å². The average Bonchev–Trinajstić information content (AvgIpc) is 3.03. The maximum absolute atomic E-state index is 13.9. The molecule has 1 rings (SSSR count). The molecule has 0 spiro atoms. The van der Waals surface area contributed by atoms with Crippen molar-refractivity contribution >= 4 is 75.1 Å². The van der Waals surface area contributed by atoms with Crippen LogP contribution in [0.5, 0.6) is 0 Å². The van der Waals surface area contributed by atoms with Gasteiger partial charge in [-0.05, 0) is 44.8 Å². The predicted octanol–water partition coefficient (Wildman–Crippen LogP) is 4.69. The van der Waals surface area contributed by atoms with Crippen LogP contribution in [0.1, 0.15) is 81.1 Å². The van der Waals surface area contributed by atoms with Gasteiger partial charge in [-0.1, -0.05) is 33.0 Å². The third-order valence-corrected chi connectivity index (χ3v) is 11.2. The zero-order valence-corrected chi connectivity index (χ0v) is 32.2. The quantitative estimate of drug-likeness (QED) is 0.108. The van der Waals surface area contributed by atoms with Gasteiger partial charge in [0, 0.05) is 38.9 Å². The largest absolute Gasteiger partial charge is 0.481 e. The summed E-state index contributed by atoms with van der Waals surface area (Å²) in [5.41, 5.74) is -1.59. The van der Waals surface area contributed by atoms with E-state index in [1.165, 1.54) is 51.2 Å². The van der Waals surface area contributed by atoms with Gasteiger partial charge in [-0.3, -0.25) is 28.8 Å². The number of thioether (sulfide) groups is 2. The Hall–Kier alpha value is -2.94. The molecule has 0 aliphatic carbocycles. The molecule has 0 amide bonds. The van der Waals surface area contributed by atoms with Crippen LogP contribution in [0, 0.1) is 40.4 Å². The van der Waals surface area contributed by atoms with Gasteiger partial charge in [0.05, 0.1) is 29.4 Å². The summed E-state index contributed by atoms with van der Waals surface area (Å²) in [5, 5.41) is 19.7. The molecule has 1 N–H and O–H groups in total. The van der Waals surface area contributed by atoms with Crippen molar-refractivity contribution in [2.45, 2.75) is 106 Å². The Morgan fingerprint density at radius 2 is 1.62 bits per heavy atom. The molecule has 1 saturated heterocycles. The minimum absolute atomic E-state index is 0.0857. The molecule has 282 valence electrons. The second kappa shape index (κ2) is 22.1. The molecule has 17 heteroatoms. The van der Waals surface area contributed by atoms with E-state index in [2.05, 4.69) is 6.07 Å². The van der Waals surface area contributed by atoms with Crippen molar-refractivity contribution in [2.24, 2.45) is 29.1 Å². The standard InChI is InChI=1S/C33H49NO13S3/c1-9-12-49-32(48)50-16-24(29(40)42-14-18(2)44-21(5)35)13-25(33(8,17-34)11-10-27(38)39)30(41)43-15-26-19(3)20(4)28(45-22(6)36)31(47-26)46-23(7)37/h18-20,24-26,28,31H,9-16H2,1-8H3,(H,38,39)/t18?,19-,20-,24?,25?,26?,28?,31-,33?/m0/s1. The summed E-state index contributed by atoms with van der Waals surface area (Å²) in [6.07, 6.45) is -3.81. The van der Waals surface area contributed by atoms with Crippen LogP contribution in [-0.4, -0.2) is 93.8 Å². The van der Waals surface area contributed by atoms with E-state index in [9.17, 15) is 39.1 Å². The van der Waals surface area contributed by atoms with Gasteiger partial charge in [-0.2, -0.15) is 5.26 Å². The van der Waals surface area contributed by atoms with E-state index in [0.717, 1.165) is 12.2 Å². The number of hydrogen-bond donors (Lipinski definition) is 1. The third-order valence-electron chi connectivity index (χ3n) is 8.16. The molecule has 1 aliphatic heterocycles. The SMILES string of the molecule is CCCSC(=S)SCC(CC(C(=O)OCC1O[C@H](OC(C)=O)C(OC(C)=O)[C@@H](C)[C@@H]1C)C(C)(C#N)CCC(=O)O)C(=O)OCC(C)OC(C)=O. The molecule has 0 bridgehead atoms. The number of nitrogens with zero attached hydrogens (tertiary/aromatic N) is 1. The molecular formula is C33H49NO13S3. The minimum Gasteiger partial charge on any atom is -0.481 e. The maximum atomic E-state index is 13.9. The second-order valence-electron chi connectivity index (χ2n) is 12.4. The number of carbonyl (C=O) groups is 6. The van der Waals surface area contributed by atoms with Crippen molar-refractivity contribution in [3.05, 3.63) is 0 Å². The molecular weight excluding hydrogens is 715 g/mol. The van der Waals surface area contributed by atoms with Gasteiger partial charge < -0.3 is 33.5 Å². The Morgan fingerprint density at radius 3 is 2.16 bits per heavy atom. The Morgan fingerprint density at radius 1 is 0.980 bits per heavy atom. The van der Waals surface area contributed by atoms with Crippen LogP contribution in [-0.2, 0) is 57.2 Å². The first kappa shape index (κ1) is 45.1. The van der Waals surface area contributed by atoms with Gasteiger partial charge in [0.2, 0.25) is 6.29 Å². The Labute approximate surface area is 307 Å². The Kier molecular flexibility index (Phi) is 19.9. The van der Waals surface area contributed by atoms with Crippen molar-refractivity contribution in [3.63, 3.8) is 0 Å². The molecule has 6 unspecified atom stereocenters. The first-order valence-corrected chi connectivity index (χ1v) is 18.7. The zero-order chi connectivity index (χ0) is 38.2. The normalized spacial score (nSPS) is 23.1. The molecule has 0 radical (unpaired) electrons. The number of carboxylic acid groups (broad SMARTS) is 1. The number of carbonyl (C=O) groups excluding carboxylic acids is 5. The fourth-order valence-corrected chi connectivity index (χ4v) is 7.39. The van der Waals surface area contributed by atoms with E-state index in [1.807, 2.05) is 6.92 Å². The summed E-state index contributed by atoms with van der Waals surface area (Å²) in [6, 6.07) is 2.08. The highest BCUT2D eigenvalue weighted by atomic mass is 32.2. The van der Waals surface area contributed by atoms with Crippen LogP contribution in [0.4, 0.5) is 0 Å². The van der Waals surface area contributed by atoms with E-state index >= 15 is 0 Å². The molecule has 0 aromatic rings. The van der Waals surface area contributed by atoms with E-state index < -0.39 is 90.0 Å². The third kappa shape index (κ3) is 15.5. The number of thiocarbonyl (C=S) groups is 1. The fraction of sp³-hybridized carbons (Fsp3) is 0.758. The molecule has 1 aliphatic rings. The smallest absolute Gasteiger partial charge is 0.310 e. The van der Waals surface area contributed by atoms with Crippen molar-refractivity contribution < 1.29 is 62.3 Å². The topological polar surface area (TPSA) is 202 Å². The van der Waals surface area contributed by atoms with E-state index in [4.69, 9.17) is 40.6 Å². The molecule has 9 atom stereocenters. The Bertz CT molecular complexity index is 1260. The lowest BCUT2D eigenvalue weighted by Gasteiger charge is -2.43. The molecule has 0 aromatic heterocycles. The summed E-state index contributed by atoms with van der Waals surface area (Å²) < 4.78 is 33.4. The first-order valence-electron chi connectivity index (χ1n) is 16.3. The van der Waals surface area contributed by atoms with Gasteiger partial charge >= 0.3 is 35.8 Å². The highest BCUT2D eigenvalue weighted by Crippen LogP contribution is 2.40. The lowest BCUT2D eigenvalue weighted by molar-refractivity contribution is -0.272. The number of carboxylic acids is 1. The summed E-state index contributed by atoms with van der Waals surface area (Å²) >= 11 is 8.10. The van der Waals surface area contributed by atoms with Gasteiger partial charge in [-0.15, -0.1) is 23.5 Å². The Balaban J connectivity index is 3.39. The van der Waals surface area contributed by atoms with E-state index in [-0.39, 0.29) is 37.7 Å². The van der Waals surface area contributed by atoms with Crippen molar-refractivity contribution in [1.29, 1.82) is 5.26 Å². The predicted molar refractivity (Wildman–Crippen MR) is 187 cm³/mol. The molecule has 14 nitrogen and oxygen atoms in total. The van der Waals surface area contributed by atoms with Crippen LogP contribution >= 0.6 is 35.7 Å². The monoisotopic (exact) mass is 763 g/mol. The highest BCUT2D eigenvalue weighted by Gasteiger charge is 2.47. The number of hydrogen-bond acceptors (Lipinski definition) is 16. The maximum Gasteiger partial charge on any atom is 0.310 e. The van der Waals surface area contributed by atoms with E-state index in [0.29, 0.717) is 3.53 Å². The fourth-order valence-electron chi connectivity index (χ4n) is 5.17. The van der Waals surface area contributed by atoms with Crippen molar-refractivity contribution in [1.82, 2.24) is 0 Å². The highest BCUT2D eigenvalue weighted by molar-refractivity contribution is 8.47. The first-order chi connectivity index (χ1) is 23.3. The molecule has 1 heterocycles. The summed E-state index contributed by atoms with van der Waals surface area (Å²) in [4.78, 5) is 73.9. The second-order valence-corrected chi connectivity index (χ2v) is 15.8. The number of esters is 5. The van der Waals surface area contributed by atoms with Crippen LogP contribution in [0.2, 0.25) is 0 Å². The van der Waals surface area contributed by atoms with E-state index in [1.54, 1.807) is 20.8 Å². The minimum atomic E-state index is -1.59. The van der Waals surface area contributed by atoms with Gasteiger partial charge in [0.1, 0.15) is 22.8 Å². The number of rotatable bonds is 19. The number of ether oxygens (including phenoxy) is 6. The summed E-state index contributed by atoms with van der Waals surface area (Å²) in [5.74, 6) is -6.84. The van der Waals surface area contributed by atoms with Crippen LogP contribution in [0.3, 0.4) is 0 Å². The van der Waals surface area contributed by atoms with Crippen LogP contribution in [0.15, 0.2) is 0 Å². The van der Waals surface area contributed by atoms with Crippen LogP contribution < -0.4 is 0 Å². The van der Waals surface area contributed by atoms with Gasteiger partial charge in [0.25, 0.3) is 0 Å². The number of aliphatic carboxylic acids is 1. The zero-order valence-electron chi connectivity index (χ0n) is 29.8. The average molecular weight is 764 g/mol. The molecule has 1 fully saturated rings. The summed E-state index contributed by atoms with van der Waals surface area (Å²) in [7, 11) is 0. The van der Waals surface area contributed by atoms with Crippen molar-refractivity contribution in [3.8, 4) is 6.07 Å². The molecule has 0 aromatic carbocycles. The number of nitriles is 1. The van der Waals surface area contributed by atoms with Gasteiger partial charge in [-0.25, -0.2) is 0 Å². The van der Waals surface area contributed by atoms with Crippen LogP contribution in [0.25, 0.3) is 0 Å². The molecule has 50 heavy (non-hydrogen) atoms. The lowest BCUT2D eigenvalue weighted by atomic mass is 9.71. The van der Waals surface area contributed by atoms with Crippen molar-refractivity contribution in [2.75, 3.05) is 24.7 Å².